The largest absolute Gasteiger partial charge is 0.480 e. The molecule has 0 aromatic heterocycles. The Labute approximate surface area is 140 Å². The highest BCUT2D eigenvalue weighted by Gasteiger charge is 2.23. The minimum absolute atomic E-state index is 0.124. The highest BCUT2D eigenvalue weighted by Crippen LogP contribution is 2.12. The predicted molar refractivity (Wildman–Crippen MR) is 86.4 cm³/mol. The number of carboxylic acid groups (broad SMARTS) is 1. The Hall–Kier alpha value is -2.41. The second-order valence-corrected chi connectivity index (χ2v) is 5.69. The van der Waals surface area contributed by atoms with Crippen LogP contribution in [0.15, 0.2) is 24.3 Å². The van der Waals surface area contributed by atoms with Crippen LogP contribution in [0.5, 0.6) is 0 Å². The quantitative estimate of drug-likeness (QED) is 0.692. The Bertz CT molecular complexity index is 594. The number of carboxylic acids is 1. The van der Waals surface area contributed by atoms with Crippen LogP contribution in [0, 0.1) is 0 Å². The van der Waals surface area contributed by atoms with Gasteiger partial charge in [-0.15, -0.1) is 0 Å². The Kier molecular flexibility index (Phi) is 6.31. The molecule has 1 aromatic rings. The van der Waals surface area contributed by atoms with Crippen molar-refractivity contribution in [1.82, 2.24) is 10.6 Å². The molecule has 3 N–H and O–H groups in total. The zero-order chi connectivity index (χ0) is 17.5. The van der Waals surface area contributed by atoms with Crippen molar-refractivity contribution in [2.45, 2.75) is 44.9 Å². The van der Waals surface area contributed by atoms with Crippen molar-refractivity contribution in [3.8, 4) is 0 Å². The molecule has 7 nitrogen and oxygen atoms in total. The zero-order valence-corrected chi connectivity index (χ0v) is 13.6. The lowest BCUT2D eigenvalue weighted by molar-refractivity contribution is -0.139. The zero-order valence-electron chi connectivity index (χ0n) is 13.6. The smallest absolute Gasteiger partial charge is 0.326 e. The molecular weight excluding hydrogens is 312 g/mol. The molecular formula is C17H22N2O5. The average Bonchev–Trinajstić information content (AvgIpc) is 3.12. The summed E-state index contributed by atoms with van der Waals surface area (Å²) in [6.07, 6.45) is 1.59. The fourth-order valence-electron chi connectivity index (χ4n) is 2.44. The summed E-state index contributed by atoms with van der Waals surface area (Å²) in [6, 6.07) is 5.77. The van der Waals surface area contributed by atoms with Crippen LogP contribution >= 0.6 is 0 Å². The lowest BCUT2D eigenvalue weighted by Crippen LogP contribution is -2.40. The molecule has 7 heteroatoms. The first-order valence-electron chi connectivity index (χ1n) is 8.03. The summed E-state index contributed by atoms with van der Waals surface area (Å²) in [6.45, 7) is 2.67. The number of carbonyl (C=O) groups excluding carboxylic acids is 2. The minimum atomic E-state index is -1.06. The number of amides is 2. The van der Waals surface area contributed by atoms with Crippen LogP contribution in [0.25, 0.3) is 0 Å². The molecule has 0 unspecified atom stereocenters. The van der Waals surface area contributed by atoms with E-state index in [9.17, 15) is 14.4 Å². The summed E-state index contributed by atoms with van der Waals surface area (Å²) in [5, 5.41) is 14.2. The van der Waals surface area contributed by atoms with Gasteiger partial charge in [0.15, 0.2) is 0 Å². The molecule has 0 aliphatic carbocycles. The fourth-order valence-corrected chi connectivity index (χ4v) is 2.44. The number of hydrogen-bond acceptors (Lipinski definition) is 4. The van der Waals surface area contributed by atoms with E-state index in [1.165, 1.54) is 0 Å². The topological polar surface area (TPSA) is 105 Å². The number of carbonyl (C=O) groups is 3. The molecule has 1 aliphatic heterocycles. The van der Waals surface area contributed by atoms with E-state index in [0.717, 1.165) is 18.4 Å². The predicted octanol–water partition coefficient (Wildman–Crippen LogP) is 1.07. The SMILES string of the molecule is CC[C@@H](NC(=O)c1ccc(CNC(=O)[C@@H]2CCCO2)cc1)C(=O)O. The van der Waals surface area contributed by atoms with E-state index >= 15 is 0 Å². The van der Waals surface area contributed by atoms with Crippen molar-refractivity contribution in [2.24, 2.45) is 0 Å². The molecule has 1 saturated heterocycles. The average molecular weight is 334 g/mol. The van der Waals surface area contributed by atoms with Gasteiger partial charge in [0.2, 0.25) is 5.91 Å². The van der Waals surface area contributed by atoms with Gasteiger partial charge in [0.05, 0.1) is 0 Å². The van der Waals surface area contributed by atoms with Crippen LogP contribution in [0.1, 0.15) is 42.1 Å². The van der Waals surface area contributed by atoms with Crippen molar-refractivity contribution in [2.75, 3.05) is 6.61 Å². The van der Waals surface area contributed by atoms with Crippen LogP contribution in [-0.2, 0) is 20.9 Å². The number of rotatable bonds is 7. The van der Waals surface area contributed by atoms with E-state index in [1.807, 2.05) is 0 Å². The minimum Gasteiger partial charge on any atom is -0.480 e. The molecule has 1 aliphatic rings. The third-order valence-electron chi connectivity index (χ3n) is 3.92. The maximum atomic E-state index is 12.0. The molecule has 2 amide bonds. The van der Waals surface area contributed by atoms with Crippen molar-refractivity contribution in [3.05, 3.63) is 35.4 Å². The van der Waals surface area contributed by atoms with Gasteiger partial charge in [-0.1, -0.05) is 19.1 Å². The van der Waals surface area contributed by atoms with E-state index in [1.54, 1.807) is 31.2 Å². The monoisotopic (exact) mass is 334 g/mol. The molecule has 2 rings (SSSR count). The molecule has 0 spiro atoms. The normalized spacial score (nSPS) is 18.0. The maximum absolute atomic E-state index is 12.0. The summed E-state index contributed by atoms with van der Waals surface area (Å²) in [5.41, 5.74) is 1.23. The molecule has 1 fully saturated rings. The lowest BCUT2D eigenvalue weighted by Gasteiger charge is -2.13. The Morgan fingerprint density at radius 2 is 2.00 bits per heavy atom. The van der Waals surface area contributed by atoms with Crippen LogP contribution in [0.3, 0.4) is 0 Å². The van der Waals surface area contributed by atoms with Gasteiger partial charge in [0, 0.05) is 18.7 Å². The number of ether oxygens (including phenoxy) is 1. The fraction of sp³-hybridized carbons (Fsp3) is 0.471. The number of hydrogen-bond donors (Lipinski definition) is 3. The summed E-state index contributed by atoms with van der Waals surface area (Å²) in [5.74, 6) is -1.61. The standard InChI is InChI=1S/C17H22N2O5/c1-2-13(17(22)23)19-15(20)12-7-5-11(6-8-12)10-18-16(21)14-4-3-9-24-14/h5-8,13-14H,2-4,9-10H2,1H3,(H,18,21)(H,19,20)(H,22,23)/t13-,14+/m1/s1. The van der Waals surface area contributed by atoms with E-state index in [0.29, 0.717) is 25.1 Å². The molecule has 0 bridgehead atoms. The van der Waals surface area contributed by atoms with Gasteiger partial charge < -0.3 is 20.5 Å². The molecule has 24 heavy (non-hydrogen) atoms. The first-order valence-corrected chi connectivity index (χ1v) is 8.03. The second kappa shape index (κ2) is 8.44. The van der Waals surface area contributed by atoms with Crippen molar-refractivity contribution in [3.63, 3.8) is 0 Å². The summed E-state index contributed by atoms with van der Waals surface area (Å²) >= 11 is 0. The van der Waals surface area contributed by atoms with Gasteiger partial charge in [0.1, 0.15) is 12.1 Å². The summed E-state index contributed by atoms with van der Waals surface area (Å²) in [4.78, 5) is 34.8. The third-order valence-corrected chi connectivity index (χ3v) is 3.92. The van der Waals surface area contributed by atoms with Crippen LogP contribution in [0.4, 0.5) is 0 Å². The second-order valence-electron chi connectivity index (χ2n) is 5.69. The van der Waals surface area contributed by atoms with Gasteiger partial charge in [-0.25, -0.2) is 4.79 Å². The van der Waals surface area contributed by atoms with E-state index < -0.39 is 17.9 Å². The Balaban J connectivity index is 1.86. The molecule has 0 saturated carbocycles. The first-order chi connectivity index (χ1) is 11.5. The third kappa shape index (κ3) is 4.79. The molecule has 1 aromatic carbocycles. The van der Waals surface area contributed by atoms with Crippen molar-refractivity contribution < 1.29 is 24.2 Å². The van der Waals surface area contributed by atoms with Crippen LogP contribution < -0.4 is 10.6 Å². The number of aliphatic carboxylic acids is 1. The van der Waals surface area contributed by atoms with Crippen LogP contribution in [0.2, 0.25) is 0 Å². The van der Waals surface area contributed by atoms with E-state index in [-0.39, 0.29) is 12.0 Å². The molecule has 2 atom stereocenters. The highest BCUT2D eigenvalue weighted by atomic mass is 16.5. The van der Waals surface area contributed by atoms with Crippen LogP contribution in [-0.4, -0.2) is 41.6 Å². The lowest BCUT2D eigenvalue weighted by atomic mass is 10.1. The van der Waals surface area contributed by atoms with Gasteiger partial charge in [-0.3, -0.25) is 9.59 Å². The number of benzene rings is 1. The molecule has 130 valence electrons. The molecule has 0 radical (unpaired) electrons. The van der Waals surface area contributed by atoms with Crippen molar-refractivity contribution in [1.29, 1.82) is 0 Å². The van der Waals surface area contributed by atoms with Gasteiger partial charge >= 0.3 is 5.97 Å². The van der Waals surface area contributed by atoms with Gasteiger partial charge in [0.25, 0.3) is 5.91 Å². The maximum Gasteiger partial charge on any atom is 0.326 e. The first kappa shape index (κ1) is 17.9. The Morgan fingerprint density at radius 1 is 1.29 bits per heavy atom. The summed E-state index contributed by atoms with van der Waals surface area (Å²) in [7, 11) is 0. The van der Waals surface area contributed by atoms with Gasteiger partial charge in [-0.2, -0.15) is 0 Å². The van der Waals surface area contributed by atoms with E-state index in [4.69, 9.17) is 9.84 Å². The Morgan fingerprint density at radius 3 is 2.54 bits per heavy atom. The van der Waals surface area contributed by atoms with Gasteiger partial charge in [-0.05, 0) is 37.0 Å². The van der Waals surface area contributed by atoms with Crippen molar-refractivity contribution >= 4 is 17.8 Å². The van der Waals surface area contributed by atoms with E-state index in [2.05, 4.69) is 10.6 Å². The number of nitrogens with one attached hydrogen (secondary N) is 2. The summed E-state index contributed by atoms with van der Waals surface area (Å²) < 4.78 is 5.31. The highest BCUT2D eigenvalue weighted by molar-refractivity contribution is 5.96. The molecule has 1 heterocycles.